The fourth-order valence-corrected chi connectivity index (χ4v) is 3.25. The number of carbonyl (C=O) groups excluding carboxylic acids is 1. The molecule has 6 nitrogen and oxygen atoms in total. The summed E-state index contributed by atoms with van der Waals surface area (Å²) in [6.45, 7) is 1.19. The molecule has 1 saturated carbocycles. The first kappa shape index (κ1) is 13.7. The number of hydrogen-bond acceptors (Lipinski definition) is 5. The monoisotopic (exact) mass is 320 g/mol. The largest absolute Gasteiger partial charge is 0.360 e. The number of fused-ring (bicyclic) bond motifs is 2. The van der Waals surface area contributed by atoms with Crippen molar-refractivity contribution < 1.29 is 9.32 Å². The van der Waals surface area contributed by atoms with Crippen molar-refractivity contribution in [2.75, 3.05) is 6.54 Å². The Morgan fingerprint density at radius 1 is 1.29 bits per heavy atom. The van der Waals surface area contributed by atoms with E-state index < -0.39 is 0 Å². The zero-order valence-corrected chi connectivity index (χ0v) is 13.1. The lowest BCUT2D eigenvalue weighted by Crippen LogP contribution is -2.36. The second-order valence-corrected chi connectivity index (χ2v) is 6.51. The van der Waals surface area contributed by atoms with Crippen LogP contribution >= 0.6 is 0 Å². The predicted molar refractivity (Wildman–Crippen MR) is 86.5 cm³/mol. The Hall–Kier alpha value is -2.76. The van der Waals surface area contributed by atoms with Gasteiger partial charge in [-0.3, -0.25) is 4.79 Å². The minimum absolute atomic E-state index is 0.0671. The molecule has 2 aliphatic rings. The molecule has 1 aliphatic heterocycles. The van der Waals surface area contributed by atoms with Crippen LogP contribution in [0.1, 0.15) is 46.3 Å². The first-order valence-corrected chi connectivity index (χ1v) is 8.27. The van der Waals surface area contributed by atoms with Gasteiger partial charge in [-0.15, -0.1) is 0 Å². The van der Waals surface area contributed by atoms with Crippen LogP contribution in [0.2, 0.25) is 0 Å². The molecule has 1 amide bonds. The molecular weight excluding hydrogens is 304 g/mol. The lowest BCUT2D eigenvalue weighted by atomic mass is 10.0. The summed E-state index contributed by atoms with van der Waals surface area (Å²) in [5.74, 6) is 1.24. The quantitative estimate of drug-likeness (QED) is 0.726. The first-order chi connectivity index (χ1) is 11.8. The van der Waals surface area contributed by atoms with Crippen LogP contribution in [0.4, 0.5) is 0 Å². The van der Waals surface area contributed by atoms with Crippen LogP contribution < -0.4 is 0 Å². The number of aromatic nitrogens is 3. The summed E-state index contributed by atoms with van der Waals surface area (Å²) in [6.07, 6.45) is 4.75. The average Bonchev–Trinajstić information content (AvgIpc) is 3.36. The Morgan fingerprint density at radius 2 is 2.21 bits per heavy atom. The zero-order valence-electron chi connectivity index (χ0n) is 13.1. The fourth-order valence-electron chi connectivity index (χ4n) is 3.25. The maximum absolute atomic E-state index is 12.7. The minimum atomic E-state index is -0.0671. The molecule has 0 aromatic carbocycles. The van der Waals surface area contributed by atoms with Crippen molar-refractivity contribution >= 4 is 16.9 Å². The minimum Gasteiger partial charge on any atom is -0.360 e. The molecule has 0 saturated heterocycles. The van der Waals surface area contributed by atoms with Gasteiger partial charge < -0.3 is 9.42 Å². The Morgan fingerprint density at radius 3 is 3.08 bits per heavy atom. The van der Waals surface area contributed by atoms with Crippen LogP contribution in [0, 0.1) is 0 Å². The summed E-state index contributed by atoms with van der Waals surface area (Å²) >= 11 is 0. The number of hydrogen-bond donors (Lipinski definition) is 0. The van der Waals surface area contributed by atoms with E-state index in [1.165, 1.54) is 0 Å². The van der Waals surface area contributed by atoms with Gasteiger partial charge >= 0.3 is 0 Å². The lowest BCUT2D eigenvalue weighted by Gasteiger charge is -2.27. The Labute approximate surface area is 138 Å². The molecule has 0 atom stereocenters. The smallest absolute Gasteiger partial charge is 0.276 e. The third-order valence-corrected chi connectivity index (χ3v) is 4.75. The molecule has 1 fully saturated rings. The maximum atomic E-state index is 12.7. The number of carbonyl (C=O) groups is 1. The van der Waals surface area contributed by atoms with E-state index in [0.29, 0.717) is 24.7 Å². The van der Waals surface area contributed by atoms with E-state index in [-0.39, 0.29) is 5.91 Å². The van der Waals surface area contributed by atoms with Crippen LogP contribution in [0.15, 0.2) is 35.0 Å². The van der Waals surface area contributed by atoms with Gasteiger partial charge in [0.15, 0.2) is 11.3 Å². The van der Waals surface area contributed by atoms with Crippen LogP contribution in [-0.2, 0) is 13.0 Å². The third-order valence-electron chi connectivity index (χ3n) is 4.75. The van der Waals surface area contributed by atoms with Crippen molar-refractivity contribution in [1.82, 2.24) is 20.0 Å². The Kier molecular flexibility index (Phi) is 2.92. The normalized spacial score (nSPS) is 17.1. The molecule has 3 aromatic rings. The summed E-state index contributed by atoms with van der Waals surface area (Å²) in [5.41, 5.74) is 3.29. The van der Waals surface area contributed by atoms with Crippen molar-refractivity contribution in [3.63, 3.8) is 0 Å². The van der Waals surface area contributed by atoms with E-state index in [4.69, 9.17) is 4.52 Å². The number of rotatable bonds is 2. The second kappa shape index (κ2) is 5.12. The second-order valence-electron chi connectivity index (χ2n) is 6.51. The van der Waals surface area contributed by atoms with E-state index >= 15 is 0 Å². The van der Waals surface area contributed by atoms with E-state index in [9.17, 15) is 4.79 Å². The zero-order chi connectivity index (χ0) is 16.1. The summed E-state index contributed by atoms with van der Waals surface area (Å²) in [4.78, 5) is 23.5. The van der Waals surface area contributed by atoms with Crippen molar-refractivity contribution in [1.29, 1.82) is 0 Å². The standard InChI is InChI=1S/C18H16N4O2/c23-18(15-9-16(24-21-15)11-3-4-11)22-7-5-14-13(10-22)8-12-2-1-6-19-17(12)20-14/h1-2,6,8-9,11H,3-5,7,10H2. The van der Waals surface area contributed by atoms with Gasteiger partial charge in [0.25, 0.3) is 5.91 Å². The van der Waals surface area contributed by atoms with Crippen molar-refractivity contribution in [2.45, 2.75) is 31.7 Å². The highest BCUT2D eigenvalue weighted by Gasteiger charge is 2.30. The summed E-state index contributed by atoms with van der Waals surface area (Å²) < 4.78 is 5.31. The van der Waals surface area contributed by atoms with Gasteiger partial charge in [-0.2, -0.15) is 0 Å². The van der Waals surface area contributed by atoms with Crippen molar-refractivity contribution in [2.24, 2.45) is 0 Å². The van der Waals surface area contributed by atoms with E-state index in [1.54, 1.807) is 12.3 Å². The third kappa shape index (κ3) is 2.26. The van der Waals surface area contributed by atoms with Crippen LogP contribution in [0.3, 0.4) is 0 Å². The Balaban J connectivity index is 1.42. The summed E-state index contributed by atoms with van der Waals surface area (Å²) in [6, 6.07) is 7.79. The highest BCUT2D eigenvalue weighted by Crippen LogP contribution is 2.40. The molecule has 0 spiro atoms. The van der Waals surface area contributed by atoms with E-state index in [2.05, 4.69) is 21.2 Å². The predicted octanol–water partition coefficient (Wildman–Crippen LogP) is 2.69. The van der Waals surface area contributed by atoms with Gasteiger partial charge in [-0.05, 0) is 36.6 Å². The van der Waals surface area contributed by atoms with E-state index in [1.807, 2.05) is 17.0 Å². The number of pyridine rings is 2. The van der Waals surface area contributed by atoms with Gasteiger partial charge in [0.1, 0.15) is 5.76 Å². The molecule has 4 heterocycles. The number of amides is 1. The fraction of sp³-hybridized carbons (Fsp3) is 0.333. The first-order valence-electron chi connectivity index (χ1n) is 8.27. The van der Waals surface area contributed by atoms with Crippen LogP contribution in [-0.4, -0.2) is 32.5 Å². The molecule has 0 unspecified atom stereocenters. The number of nitrogens with zero attached hydrogens (tertiary/aromatic N) is 4. The van der Waals surface area contributed by atoms with Crippen molar-refractivity contribution in [3.05, 3.63) is 53.2 Å². The van der Waals surface area contributed by atoms with Crippen molar-refractivity contribution in [3.8, 4) is 0 Å². The Bertz CT molecular complexity index is 945. The summed E-state index contributed by atoms with van der Waals surface area (Å²) in [5, 5.41) is 4.97. The molecule has 0 bridgehead atoms. The topological polar surface area (TPSA) is 72.1 Å². The highest BCUT2D eigenvalue weighted by molar-refractivity contribution is 5.92. The van der Waals surface area contributed by atoms with Gasteiger partial charge in [-0.1, -0.05) is 5.16 Å². The molecule has 120 valence electrons. The van der Waals surface area contributed by atoms with Gasteiger partial charge in [0, 0.05) is 48.8 Å². The molecule has 5 rings (SSSR count). The molecule has 3 aromatic heterocycles. The molecule has 6 heteroatoms. The molecule has 0 N–H and O–H groups in total. The molecule has 1 aliphatic carbocycles. The average molecular weight is 320 g/mol. The lowest BCUT2D eigenvalue weighted by molar-refractivity contribution is 0.0723. The van der Waals surface area contributed by atoms with Crippen LogP contribution in [0.5, 0.6) is 0 Å². The SMILES string of the molecule is O=C(c1cc(C2CC2)on1)N1CCc2nc3ncccc3cc2C1. The maximum Gasteiger partial charge on any atom is 0.276 e. The van der Waals surface area contributed by atoms with E-state index in [0.717, 1.165) is 47.3 Å². The molecular formula is C18H16N4O2. The molecule has 0 radical (unpaired) electrons. The summed E-state index contributed by atoms with van der Waals surface area (Å²) in [7, 11) is 0. The van der Waals surface area contributed by atoms with Gasteiger partial charge in [0.05, 0.1) is 0 Å². The van der Waals surface area contributed by atoms with Gasteiger partial charge in [-0.25, -0.2) is 9.97 Å². The van der Waals surface area contributed by atoms with Gasteiger partial charge in [0.2, 0.25) is 0 Å². The highest BCUT2D eigenvalue weighted by atomic mass is 16.5. The molecule has 24 heavy (non-hydrogen) atoms. The van der Waals surface area contributed by atoms with Crippen LogP contribution in [0.25, 0.3) is 11.0 Å².